The predicted octanol–water partition coefficient (Wildman–Crippen LogP) is 1.69. The zero-order valence-electron chi connectivity index (χ0n) is 9.55. The molecule has 0 bridgehead atoms. The molecule has 0 aliphatic carbocycles. The summed E-state index contributed by atoms with van der Waals surface area (Å²) in [5, 5.41) is 6.82. The van der Waals surface area contributed by atoms with Gasteiger partial charge in [-0.15, -0.1) is 23.2 Å². The second-order valence-electron chi connectivity index (χ2n) is 4.05. The molecule has 0 aromatic carbocycles. The summed E-state index contributed by atoms with van der Waals surface area (Å²) in [4.78, 5) is 11.9. The van der Waals surface area contributed by atoms with Crippen molar-refractivity contribution in [2.75, 3.05) is 11.8 Å². The lowest BCUT2D eigenvalue weighted by Gasteiger charge is -2.25. The minimum atomic E-state index is -0.595. The van der Waals surface area contributed by atoms with E-state index in [1.807, 2.05) is 6.92 Å². The third kappa shape index (κ3) is 2.68. The Morgan fingerprint density at radius 3 is 2.50 bits per heavy atom. The fourth-order valence-corrected chi connectivity index (χ4v) is 1.58. The summed E-state index contributed by atoms with van der Waals surface area (Å²) in [7, 11) is 1.79. The van der Waals surface area contributed by atoms with E-state index in [1.165, 1.54) is 6.20 Å². The number of nitrogens with one attached hydrogen (secondary N) is 1. The number of hydrogen-bond donors (Lipinski definition) is 1. The summed E-state index contributed by atoms with van der Waals surface area (Å²) in [6.07, 6.45) is 1.54. The van der Waals surface area contributed by atoms with Gasteiger partial charge in [0.15, 0.2) is 0 Å². The van der Waals surface area contributed by atoms with Crippen LogP contribution in [0.25, 0.3) is 0 Å². The number of carbonyl (C=O) groups is 1. The molecule has 0 aliphatic rings. The molecule has 1 heterocycles. The molecule has 0 radical (unpaired) electrons. The van der Waals surface area contributed by atoms with Crippen LogP contribution >= 0.6 is 23.2 Å². The van der Waals surface area contributed by atoms with Gasteiger partial charge in [-0.2, -0.15) is 5.10 Å². The highest BCUT2D eigenvalue weighted by Crippen LogP contribution is 2.12. The zero-order valence-corrected chi connectivity index (χ0v) is 11.1. The Morgan fingerprint density at radius 2 is 2.12 bits per heavy atom. The maximum absolute atomic E-state index is 11.9. The van der Waals surface area contributed by atoms with E-state index >= 15 is 0 Å². The van der Waals surface area contributed by atoms with Crippen LogP contribution in [0.1, 0.15) is 23.0 Å². The van der Waals surface area contributed by atoms with Gasteiger partial charge in [0.05, 0.1) is 17.3 Å². The highest BCUT2D eigenvalue weighted by atomic mass is 35.5. The zero-order chi connectivity index (χ0) is 12.3. The van der Waals surface area contributed by atoms with E-state index in [4.69, 9.17) is 23.2 Å². The monoisotopic (exact) mass is 263 g/mol. The van der Waals surface area contributed by atoms with Crippen LogP contribution < -0.4 is 5.32 Å². The van der Waals surface area contributed by atoms with Crippen LogP contribution in [-0.2, 0) is 7.05 Å². The summed E-state index contributed by atoms with van der Waals surface area (Å²) in [6, 6.07) is 0. The molecular formula is C10H15Cl2N3O. The van der Waals surface area contributed by atoms with Gasteiger partial charge in [0.2, 0.25) is 0 Å². The van der Waals surface area contributed by atoms with Gasteiger partial charge >= 0.3 is 0 Å². The van der Waals surface area contributed by atoms with Crippen molar-refractivity contribution in [2.24, 2.45) is 7.05 Å². The van der Waals surface area contributed by atoms with E-state index in [0.717, 1.165) is 5.69 Å². The second-order valence-corrected chi connectivity index (χ2v) is 4.58. The van der Waals surface area contributed by atoms with E-state index in [9.17, 15) is 4.79 Å². The van der Waals surface area contributed by atoms with Crippen molar-refractivity contribution in [1.82, 2.24) is 15.1 Å². The van der Waals surface area contributed by atoms with E-state index in [2.05, 4.69) is 10.4 Å². The molecule has 0 atom stereocenters. The highest BCUT2D eigenvalue weighted by molar-refractivity contribution is 6.22. The SMILES string of the molecule is Cc1c(C(=O)NC(C)(CCl)CCl)cnn1C. The van der Waals surface area contributed by atoms with Gasteiger partial charge in [0.25, 0.3) is 5.91 Å². The van der Waals surface area contributed by atoms with Crippen LogP contribution in [0.3, 0.4) is 0 Å². The van der Waals surface area contributed by atoms with Gasteiger partial charge in [-0.05, 0) is 13.8 Å². The minimum Gasteiger partial charge on any atom is -0.344 e. The Kier molecular flexibility index (Phi) is 4.21. The number of alkyl halides is 2. The smallest absolute Gasteiger partial charge is 0.255 e. The molecular weight excluding hydrogens is 249 g/mol. The average Bonchev–Trinajstić information content (AvgIpc) is 2.59. The summed E-state index contributed by atoms with van der Waals surface area (Å²) < 4.78 is 1.65. The van der Waals surface area contributed by atoms with E-state index in [1.54, 1.807) is 18.7 Å². The number of hydrogen-bond acceptors (Lipinski definition) is 2. The topological polar surface area (TPSA) is 46.9 Å². The van der Waals surface area contributed by atoms with Gasteiger partial charge in [-0.1, -0.05) is 0 Å². The molecule has 0 aliphatic heterocycles. The largest absolute Gasteiger partial charge is 0.344 e. The average molecular weight is 264 g/mol. The van der Waals surface area contributed by atoms with E-state index in [-0.39, 0.29) is 17.7 Å². The quantitative estimate of drug-likeness (QED) is 0.841. The van der Waals surface area contributed by atoms with E-state index < -0.39 is 5.54 Å². The summed E-state index contributed by atoms with van der Waals surface area (Å²) >= 11 is 11.5. The molecule has 90 valence electrons. The Balaban J connectivity index is 2.84. The number of aryl methyl sites for hydroxylation is 1. The van der Waals surface area contributed by atoms with Crippen molar-refractivity contribution in [3.05, 3.63) is 17.5 Å². The molecule has 6 heteroatoms. The molecule has 4 nitrogen and oxygen atoms in total. The summed E-state index contributed by atoms with van der Waals surface area (Å²) in [6.45, 7) is 3.64. The molecule has 0 fully saturated rings. The number of rotatable bonds is 4. The lowest BCUT2D eigenvalue weighted by Crippen LogP contribution is -2.49. The molecule has 1 rings (SSSR count). The molecule has 1 aromatic heterocycles. The number of aromatic nitrogens is 2. The number of nitrogens with zero attached hydrogens (tertiary/aromatic N) is 2. The molecule has 1 aromatic rings. The van der Waals surface area contributed by atoms with Gasteiger partial charge in [0, 0.05) is 24.5 Å². The van der Waals surface area contributed by atoms with Gasteiger partial charge in [0.1, 0.15) is 0 Å². The normalized spacial score (nSPS) is 11.6. The first kappa shape index (κ1) is 13.3. The first-order valence-electron chi connectivity index (χ1n) is 4.86. The van der Waals surface area contributed by atoms with Crippen molar-refractivity contribution in [3.8, 4) is 0 Å². The number of halogens is 2. The molecule has 0 spiro atoms. The summed E-state index contributed by atoms with van der Waals surface area (Å²) in [5.41, 5.74) is 0.760. The van der Waals surface area contributed by atoms with Crippen LogP contribution in [0.4, 0.5) is 0 Å². The van der Waals surface area contributed by atoms with Crippen LogP contribution in [0, 0.1) is 6.92 Å². The lowest BCUT2D eigenvalue weighted by molar-refractivity contribution is 0.0920. The third-order valence-corrected chi connectivity index (χ3v) is 3.66. The van der Waals surface area contributed by atoms with E-state index in [0.29, 0.717) is 5.56 Å². The molecule has 1 N–H and O–H groups in total. The molecule has 1 amide bonds. The third-order valence-electron chi connectivity index (χ3n) is 2.49. The maximum Gasteiger partial charge on any atom is 0.255 e. The fraction of sp³-hybridized carbons (Fsp3) is 0.600. The molecule has 0 saturated carbocycles. The highest BCUT2D eigenvalue weighted by Gasteiger charge is 2.26. The molecule has 16 heavy (non-hydrogen) atoms. The van der Waals surface area contributed by atoms with Crippen LogP contribution in [-0.4, -0.2) is 33.0 Å². The Bertz CT molecular complexity index is 385. The predicted molar refractivity (Wildman–Crippen MR) is 65.3 cm³/mol. The van der Waals surface area contributed by atoms with Crippen LogP contribution in [0.2, 0.25) is 0 Å². The first-order chi connectivity index (χ1) is 7.43. The maximum atomic E-state index is 11.9. The Hall–Kier alpha value is -0.740. The molecule has 0 unspecified atom stereocenters. The van der Waals surface area contributed by atoms with Crippen molar-refractivity contribution in [1.29, 1.82) is 0 Å². The standard InChI is InChI=1S/C10H15Cl2N3O/c1-7-8(4-13-15(7)3)9(16)14-10(2,5-11)6-12/h4H,5-6H2,1-3H3,(H,14,16). The minimum absolute atomic E-state index is 0.200. The molecule has 0 saturated heterocycles. The van der Waals surface area contributed by atoms with Crippen molar-refractivity contribution >= 4 is 29.1 Å². The lowest BCUT2D eigenvalue weighted by atomic mass is 10.1. The number of amides is 1. The Morgan fingerprint density at radius 1 is 1.56 bits per heavy atom. The van der Waals surface area contributed by atoms with Crippen molar-refractivity contribution < 1.29 is 4.79 Å². The first-order valence-corrected chi connectivity index (χ1v) is 5.93. The van der Waals surface area contributed by atoms with Crippen LogP contribution in [0.15, 0.2) is 6.20 Å². The van der Waals surface area contributed by atoms with Crippen molar-refractivity contribution in [3.63, 3.8) is 0 Å². The van der Waals surface area contributed by atoms with Crippen molar-refractivity contribution in [2.45, 2.75) is 19.4 Å². The van der Waals surface area contributed by atoms with Crippen LogP contribution in [0.5, 0.6) is 0 Å². The fourth-order valence-electron chi connectivity index (χ4n) is 1.17. The second kappa shape index (κ2) is 5.06. The van der Waals surface area contributed by atoms with Gasteiger partial charge < -0.3 is 5.32 Å². The van der Waals surface area contributed by atoms with Gasteiger partial charge in [-0.25, -0.2) is 0 Å². The van der Waals surface area contributed by atoms with Gasteiger partial charge in [-0.3, -0.25) is 9.48 Å². The summed E-state index contributed by atoms with van der Waals surface area (Å²) in [5.74, 6) is 0.331. The number of carbonyl (C=O) groups excluding carboxylic acids is 1. The Labute approximate surface area is 105 Å².